The summed E-state index contributed by atoms with van der Waals surface area (Å²) in [7, 11) is 0. The first-order valence-electron chi connectivity index (χ1n) is 3.37. The lowest BCUT2D eigenvalue weighted by atomic mass is 10.0. The molecule has 62 valence electrons. The Morgan fingerprint density at radius 1 is 1.45 bits per heavy atom. The van der Waals surface area contributed by atoms with Gasteiger partial charge in [-0.05, 0) is 0 Å². The third-order valence-corrected chi connectivity index (χ3v) is 1.94. The maximum absolute atomic E-state index is 10.9. The summed E-state index contributed by atoms with van der Waals surface area (Å²) in [5.74, 6) is -0.591. The summed E-state index contributed by atoms with van der Waals surface area (Å²) in [5.41, 5.74) is 0. The van der Waals surface area contributed by atoms with Gasteiger partial charge >= 0.3 is 0 Å². The average Bonchev–Trinajstić information content (AvgIpc) is 2.44. The van der Waals surface area contributed by atoms with Crippen molar-refractivity contribution in [3.8, 4) is 0 Å². The number of carbonyl (C=O) groups is 1. The van der Waals surface area contributed by atoms with E-state index in [-0.39, 0.29) is 6.61 Å². The number of ether oxygens (including phenoxy) is 2. The quantitative estimate of drug-likeness (QED) is 0.430. The molecule has 0 aliphatic carbocycles. The second kappa shape index (κ2) is 2.25. The van der Waals surface area contributed by atoms with Crippen LogP contribution in [0.2, 0.25) is 0 Å². The van der Waals surface area contributed by atoms with E-state index in [4.69, 9.17) is 19.7 Å². The molecular formula is C6H8O5. The van der Waals surface area contributed by atoms with E-state index in [9.17, 15) is 4.79 Å². The van der Waals surface area contributed by atoms with Crippen LogP contribution in [0.4, 0.5) is 0 Å². The fourth-order valence-electron chi connectivity index (χ4n) is 1.26. The van der Waals surface area contributed by atoms with Crippen molar-refractivity contribution in [2.75, 3.05) is 6.61 Å². The second-order valence-corrected chi connectivity index (χ2v) is 2.68. The van der Waals surface area contributed by atoms with E-state index in [1.54, 1.807) is 0 Å². The summed E-state index contributed by atoms with van der Waals surface area (Å²) in [6.07, 6.45) is -3.99. The monoisotopic (exact) mass is 160 g/mol. The van der Waals surface area contributed by atoms with E-state index in [2.05, 4.69) is 0 Å². The highest BCUT2D eigenvalue weighted by Crippen LogP contribution is 2.24. The predicted molar refractivity (Wildman–Crippen MR) is 31.6 cm³/mol. The Morgan fingerprint density at radius 2 is 2.18 bits per heavy atom. The summed E-state index contributed by atoms with van der Waals surface area (Å²) >= 11 is 0. The molecule has 0 saturated carbocycles. The lowest BCUT2D eigenvalue weighted by molar-refractivity contribution is -0.182. The van der Waals surface area contributed by atoms with Gasteiger partial charge in [-0.25, -0.2) is 0 Å². The zero-order chi connectivity index (χ0) is 8.01. The molecule has 2 bridgehead atoms. The van der Waals surface area contributed by atoms with Crippen LogP contribution in [-0.2, 0) is 14.3 Å². The topological polar surface area (TPSA) is 76.0 Å². The Kier molecular flexibility index (Phi) is 1.47. The largest absolute Gasteiger partial charge is 0.387 e. The zero-order valence-corrected chi connectivity index (χ0v) is 5.64. The lowest BCUT2D eigenvalue weighted by Crippen LogP contribution is -2.50. The molecule has 0 aromatic rings. The summed E-state index contributed by atoms with van der Waals surface area (Å²) in [4.78, 5) is 10.9. The van der Waals surface area contributed by atoms with Gasteiger partial charge < -0.3 is 19.7 Å². The van der Waals surface area contributed by atoms with Gasteiger partial charge in [-0.1, -0.05) is 0 Å². The van der Waals surface area contributed by atoms with Gasteiger partial charge in [-0.15, -0.1) is 0 Å². The van der Waals surface area contributed by atoms with Crippen LogP contribution in [-0.4, -0.2) is 47.2 Å². The Hall–Kier alpha value is -0.490. The number of aliphatic hydroxyl groups excluding tert-OH is 2. The summed E-state index contributed by atoms with van der Waals surface area (Å²) in [6.45, 7) is 0.175. The van der Waals surface area contributed by atoms with Crippen molar-refractivity contribution in [2.45, 2.75) is 24.6 Å². The van der Waals surface area contributed by atoms with Gasteiger partial charge in [0.15, 0.2) is 0 Å². The van der Waals surface area contributed by atoms with Gasteiger partial charge in [0.05, 0.1) is 6.61 Å². The molecule has 2 saturated heterocycles. The zero-order valence-electron chi connectivity index (χ0n) is 5.64. The summed E-state index contributed by atoms with van der Waals surface area (Å²) in [5, 5.41) is 18.2. The lowest BCUT2D eigenvalue weighted by Gasteiger charge is -2.26. The van der Waals surface area contributed by atoms with Crippen LogP contribution < -0.4 is 0 Å². The molecule has 2 fully saturated rings. The molecule has 2 aliphatic rings. The first-order chi connectivity index (χ1) is 5.20. The molecule has 2 heterocycles. The third kappa shape index (κ3) is 0.893. The van der Waals surface area contributed by atoms with Crippen molar-refractivity contribution in [1.29, 1.82) is 0 Å². The van der Waals surface area contributed by atoms with Crippen molar-refractivity contribution in [3.63, 3.8) is 0 Å². The van der Waals surface area contributed by atoms with Crippen molar-refractivity contribution in [1.82, 2.24) is 0 Å². The van der Waals surface area contributed by atoms with Crippen LogP contribution in [0.25, 0.3) is 0 Å². The number of carbonyl (C=O) groups excluding carboxylic acids is 1. The van der Waals surface area contributed by atoms with Gasteiger partial charge in [-0.2, -0.15) is 0 Å². The highest BCUT2D eigenvalue weighted by atomic mass is 16.7. The predicted octanol–water partition coefficient (Wildman–Crippen LogP) is -1.97. The van der Waals surface area contributed by atoms with Crippen LogP contribution in [0.3, 0.4) is 0 Å². The van der Waals surface area contributed by atoms with E-state index in [1.165, 1.54) is 0 Å². The molecule has 11 heavy (non-hydrogen) atoms. The maximum Gasteiger partial charge on any atom is 0.221 e. The van der Waals surface area contributed by atoms with Gasteiger partial charge in [0.25, 0.3) is 0 Å². The molecule has 0 aromatic carbocycles. The SMILES string of the molecule is O=C1[C@@H]2OC[C@@H](O2)[C@@H](O)[C@@H]1O. The Bertz CT molecular complexity index is 191. The Morgan fingerprint density at radius 3 is 2.91 bits per heavy atom. The highest BCUT2D eigenvalue weighted by molar-refractivity contribution is 5.87. The van der Waals surface area contributed by atoms with Crippen LogP contribution in [0.15, 0.2) is 0 Å². The molecular weight excluding hydrogens is 152 g/mol. The van der Waals surface area contributed by atoms with Gasteiger partial charge in [0.1, 0.15) is 18.3 Å². The van der Waals surface area contributed by atoms with Crippen molar-refractivity contribution >= 4 is 5.78 Å². The Labute approximate surface area is 62.5 Å². The first-order valence-corrected chi connectivity index (χ1v) is 3.37. The molecule has 2 N–H and O–H groups in total. The number of hydrogen-bond donors (Lipinski definition) is 2. The Balaban J connectivity index is 2.23. The number of fused-ring (bicyclic) bond motifs is 2. The number of hydrogen-bond acceptors (Lipinski definition) is 5. The molecule has 0 aromatic heterocycles. The summed E-state index contributed by atoms with van der Waals surface area (Å²) in [6, 6.07) is 0. The van der Waals surface area contributed by atoms with Gasteiger partial charge in [0, 0.05) is 0 Å². The minimum atomic E-state index is -1.35. The number of aliphatic hydroxyl groups is 2. The third-order valence-electron chi connectivity index (χ3n) is 1.94. The van der Waals surface area contributed by atoms with Crippen molar-refractivity contribution in [2.24, 2.45) is 0 Å². The van der Waals surface area contributed by atoms with Gasteiger partial charge in [-0.3, -0.25) is 4.79 Å². The molecule has 5 nitrogen and oxygen atoms in total. The van der Waals surface area contributed by atoms with Crippen LogP contribution in [0, 0.1) is 0 Å². The fraction of sp³-hybridized carbons (Fsp3) is 0.833. The molecule has 0 spiro atoms. The van der Waals surface area contributed by atoms with Crippen molar-refractivity contribution in [3.05, 3.63) is 0 Å². The molecule has 0 unspecified atom stereocenters. The van der Waals surface area contributed by atoms with Crippen LogP contribution in [0.5, 0.6) is 0 Å². The van der Waals surface area contributed by atoms with Gasteiger partial charge in [0.2, 0.25) is 12.1 Å². The van der Waals surface area contributed by atoms with E-state index in [0.29, 0.717) is 0 Å². The molecule has 0 radical (unpaired) electrons. The molecule has 0 amide bonds. The number of ketones is 1. The number of Topliss-reactive ketones (excluding diaryl/α,β-unsaturated/α-hetero) is 1. The standard InChI is InChI=1S/C6H8O5/c7-3-2-1-10-6(11-2)5(9)4(3)8/h2-4,6-8H,1H2/t2-,3-,4+,6-/m1/s1. The van der Waals surface area contributed by atoms with Crippen LogP contribution in [0.1, 0.15) is 0 Å². The van der Waals surface area contributed by atoms with Crippen molar-refractivity contribution < 1.29 is 24.5 Å². The van der Waals surface area contributed by atoms with E-state index in [1.807, 2.05) is 0 Å². The summed E-state index contributed by atoms with van der Waals surface area (Å²) < 4.78 is 9.75. The molecule has 5 heteroatoms. The second-order valence-electron chi connectivity index (χ2n) is 2.68. The average molecular weight is 160 g/mol. The molecule has 2 aliphatic heterocycles. The smallest absolute Gasteiger partial charge is 0.221 e. The number of rotatable bonds is 0. The highest BCUT2D eigenvalue weighted by Gasteiger charge is 2.48. The molecule has 2 rings (SSSR count). The van der Waals surface area contributed by atoms with E-state index in [0.717, 1.165) is 0 Å². The normalized spacial score (nSPS) is 49.8. The minimum Gasteiger partial charge on any atom is -0.387 e. The fourth-order valence-corrected chi connectivity index (χ4v) is 1.26. The minimum absolute atomic E-state index is 0.175. The maximum atomic E-state index is 10.9. The van der Waals surface area contributed by atoms with E-state index >= 15 is 0 Å². The molecule has 4 atom stereocenters. The van der Waals surface area contributed by atoms with E-state index < -0.39 is 30.4 Å². The first kappa shape index (κ1) is 7.17. The van der Waals surface area contributed by atoms with Crippen LogP contribution >= 0.6 is 0 Å².